The first-order valence-electron chi connectivity index (χ1n) is 10.8. The first-order chi connectivity index (χ1) is 13.4. The molecular weight excluding hydrogens is 475 g/mol. The van der Waals surface area contributed by atoms with Crippen molar-refractivity contribution >= 4 is 29.9 Å². The van der Waals surface area contributed by atoms with Crippen molar-refractivity contribution in [3.8, 4) is 0 Å². The molecule has 0 aromatic heterocycles. The Labute approximate surface area is 195 Å². The largest absolute Gasteiger partial charge is 0.373 e. The minimum atomic E-state index is 0. The second kappa shape index (κ2) is 13.4. The molecule has 0 saturated carbocycles. The maximum Gasteiger partial charge on any atom is 0.191 e. The third-order valence-corrected chi connectivity index (χ3v) is 5.60. The van der Waals surface area contributed by atoms with E-state index < -0.39 is 0 Å². The van der Waals surface area contributed by atoms with E-state index in [-0.39, 0.29) is 30.1 Å². The van der Waals surface area contributed by atoms with E-state index in [0.29, 0.717) is 18.0 Å². The molecule has 2 rings (SSSR count). The van der Waals surface area contributed by atoms with Gasteiger partial charge < -0.3 is 15.4 Å². The van der Waals surface area contributed by atoms with Crippen LogP contribution in [0.5, 0.6) is 0 Å². The van der Waals surface area contributed by atoms with Crippen molar-refractivity contribution < 1.29 is 4.74 Å². The minimum Gasteiger partial charge on any atom is -0.373 e. The summed E-state index contributed by atoms with van der Waals surface area (Å²) in [5.41, 5.74) is 2.57. The van der Waals surface area contributed by atoms with Crippen LogP contribution in [-0.4, -0.2) is 56.2 Å². The van der Waals surface area contributed by atoms with Crippen LogP contribution in [-0.2, 0) is 4.74 Å². The molecule has 166 valence electrons. The predicted molar refractivity (Wildman–Crippen MR) is 134 cm³/mol. The fourth-order valence-corrected chi connectivity index (χ4v) is 4.04. The quantitative estimate of drug-likeness (QED) is 0.306. The Morgan fingerprint density at radius 3 is 2.38 bits per heavy atom. The van der Waals surface area contributed by atoms with Gasteiger partial charge in [-0.15, -0.1) is 24.0 Å². The minimum absolute atomic E-state index is 0. The molecule has 0 radical (unpaired) electrons. The van der Waals surface area contributed by atoms with Gasteiger partial charge in [0.05, 0.1) is 6.10 Å². The molecule has 0 bridgehead atoms. The number of hydrogen-bond donors (Lipinski definition) is 2. The summed E-state index contributed by atoms with van der Waals surface area (Å²) in [6.45, 7) is 14.7. The van der Waals surface area contributed by atoms with Gasteiger partial charge in [-0.3, -0.25) is 9.89 Å². The molecule has 2 atom stereocenters. The van der Waals surface area contributed by atoms with E-state index in [4.69, 9.17) is 4.74 Å². The van der Waals surface area contributed by atoms with E-state index in [0.717, 1.165) is 38.6 Å². The smallest absolute Gasteiger partial charge is 0.191 e. The van der Waals surface area contributed by atoms with E-state index in [1.165, 1.54) is 17.5 Å². The standard InChI is InChI=1S/C23H40N4O.HI/c1-17(2)27(18(3)4)14-13-25-23(24-6)26-16-21-8-7-15-28-22(21)20-11-9-19(5)10-12-20;/h9-12,17-18,21-22H,7-8,13-16H2,1-6H3,(H2,24,25,26);1H. The Bertz CT molecular complexity index is 595. The van der Waals surface area contributed by atoms with Crippen molar-refractivity contribution in [3.63, 3.8) is 0 Å². The first kappa shape index (κ1) is 26.2. The van der Waals surface area contributed by atoms with Crippen molar-refractivity contribution in [2.45, 2.75) is 65.6 Å². The Morgan fingerprint density at radius 2 is 1.79 bits per heavy atom. The van der Waals surface area contributed by atoms with Gasteiger partial charge in [0.15, 0.2) is 5.96 Å². The first-order valence-corrected chi connectivity index (χ1v) is 10.8. The molecule has 0 aliphatic carbocycles. The monoisotopic (exact) mass is 516 g/mol. The molecule has 1 fully saturated rings. The average Bonchev–Trinajstić information content (AvgIpc) is 2.68. The average molecular weight is 517 g/mol. The molecular formula is C23H41IN4O. The van der Waals surface area contributed by atoms with Gasteiger partial charge in [-0.05, 0) is 53.0 Å². The number of guanidine groups is 1. The van der Waals surface area contributed by atoms with E-state index in [2.05, 4.69) is 79.4 Å². The van der Waals surface area contributed by atoms with Gasteiger partial charge in [-0.1, -0.05) is 29.8 Å². The van der Waals surface area contributed by atoms with Gasteiger partial charge in [0.1, 0.15) is 0 Å². The van der Waals surface area contributed by atoms with Crippen molar-refractivity contribution in [1.29, 1.82) is 0 Å². The van der Waals surface area contributed by atoms with Gasteiger partial charge in [-0.2, -0.15) is 0 Å². The summed E-state index contributed by atoms with van der Waals surface area (Å²) in [7, 11) is 1.84. The molecule has 6 heteroatoms. The molecule has 1 aromatic rings. The summed E-state index contributed by atoms with van der Waals surface area (Å²) < 4.78 is 6.14. The summed E-state index contributed by atoms with van der Waals surface area (Å²) in [6, 6.07) is 9.86. The molecule has 1 heterocycles. The second-order valence-corrected chi connectivity index (χ2v) is 8.41. The van der Waals surface area contributed by atoms with Crippen LogP contribution in [0.25, 0.3) is 0 Å². The van der Waals surface area contributed by atoms with Gasteiger partial charge in [-0.25, -0.2) is 0 Å². The normalized spacial score (nSPS) is 20.1. The highest BCUT2D eigenvalue weighted by atomic mass is 127. The van der Waals surface area contributed by atoms with Crippen LogP contribution in [0.1, 0.15) is 57.8 Å². The van der Waals surface area contributed by atoms with Crippen LogP contribution < -0.4 is 10.6 Å². The van der Waals surface area contributed by atoms with Crippen molar-refractivity contribution in [2.75, 3.05) is 33.3 Å². The molecule has 1 aromatic carbocycles. The third-order valence-electron chi connectivity index (χ3n) is 5.60. The number of rotatable bonds is 8. The number of aliphatic imine (C=N–C) groups is 1. The lowest BCUT2D eigenvalue weighted by Crippen LogP contribution is -2.46. The van der Waals surface area contributed by atoms with Gasteiger partial charge in [0, 0.05) is 51.3 Å². The van der Waals surface area contributed by atoms with Crippen molar-refractivity contribution in [1.82, 2.24) is 15.5 Å². The zero-order valence-corrected chi connectivity index (χ0v) is 21.4. The lowest BCUT2D eigenvalue weighted by Gasteiger charge is -2.33. The van der Waals surface area contributed by atoms with Crippen molar-refractivity contribution in [2.24, 2.45) is 10.9 Å². The van der Waals surface area contributed by atoms with Crippen LogP contribution >= 0.6 is 24.0 Å². The second-order valence-electron chi connectivity index (χ2n) is 8.41. The lowest BCUT2D eigenvalue weighted by atomic mass is 9.89. The summed E-state index contributed by atoms with van der Waals surface area (Å²) in [4.78, 5) is 6.89. The lowest BCUT2D eigenvalue weighted by molar-refractivity contribution is -0.0265. The molecule has 2 N–H and O–H groups in total. The summed E-state index contributed by atoms with van der Waals surface area (Å²) in [6.07, 6.45) is 2.47. The van der Waals surface area contributed by atoms with E-state index >= 15 is 0 Å². The fraction of sp³-hybridized carbons (Fsp3) is 0.696. The Hall–Kier alpha value is -0.860. The topological polar surface area (TPSA) is 48.9 Å². The highest BCUT2D eigenvalue weighted by molar-refractivity contribution is 14.0. The fourth-order valence-electron chi connectivity index (χ4n) is 4.04. The number of nitrogens with zero attached hydrogens (tertiary/aromatic N) is 2. The highest BCUT2D eigenvalue weighted by Gasteiger charge is 2.27. The zero-order chi connectivity index (χ0) is 20.5. The summed E-state index contributed by atoms with van der Waals surface area (Å²) in [5.74, 6) is 1.33. The molecule has 1 aliphatic rings. The Balaban J connectivity index is 0.00000420. The van der Waals surface area contributed by atoms with Crippen LogP contribution in [0.4, 0.5) is 0 Å². The van der Waals surface area contributed by atoms with Gasteiger partial charge >= 0.3 is 0 Å². The highest BCUT2D eigenvalue weighted by Crippen LogP contribution is 2.33. The predicted octanol–water partition coefficient (Wildman–Crippen LogP) is 4.36. The molecule has 5 nitrogen and oxygen atoms in total. The molecule has 0 spiro atoms. The van der Waals surface area contributed by atoms with E-state index in [1.54, 1.807) is 0 Å². The number of ether oxygens (including phenoxy) is 1. The Morgan fingerprint density at radius 1 is 1.14 bits per heavy atom. The summed E-state index contributed by atoms with van der Waals surface area (Å²) >= 11 is 0. The molecule has 2 unspecified atom stereocenters. The van der Waals surface area contributed by atoms with Gasteiger partial charge in [0.2, 0.25) is 0 Å². The number of hydrogen-bond acceptors (Lipinski definition) is 3. The van der Waals surface area contributed by atoms with Crippen molar-refractivity contribution in [3.05, 3.63) is 35.4 Å². The maximum atomic E-state index is 6.14. The molecule has 29 heavy (non-hydrogen) atoms. The molecule has 1 aliphatic heterocycles. The molecule has 0 amide bonds. The van der Waals surface area contributed by atoms with Crippen LogP contribution in [0.2, 0.25) is 0 Å². The van der Waals surface area contributed by atoms with Crippen LogP contribution in [0.15, 0.2) is 29.3 Å². The third kappa shape index (κ3) is 8.42. The zero-order valence-electron chi connectivity index (χ0n) is 19.1. The Kier molecular flexibility index (Phi) is 12.1. The van der Waals surface area contributed by atoms with E-state index in [9.17, 15) is 0 Å². The van der Waals surface area contributed by atoms with E-state index in [1.807, 2.05) is 7.05 Å². The van der Waals surface area contributed by atoms with Crippen LogP contribution in [0, 0.1) is 12.8 Å². The maximum absolute atomic E-state index is 6.14. The van der Waals surface area contributed by atoms with Crippen LogP contribution in [0.3, 0.4) is 0 Å². The summed E-state index contributed by atoms with van der Waals surface area (Å²) in [5, 5.41) is 6.99. The number of nitrogens with one attached hydrogen (secondary N) is 2. The number of benzene rings is 1. The number of halogens is 1. The number of aryl methyl sites for hydroxylation is 1. The SMILES string of the molecule is CN=C(NCCN(C(C)C)C(C)C)NCC1CCCOC1c1ccc(C)cc1.I. The molecule has 1 saturated heterocycles. The van der Waals surface area contributed by atoms with Gasteiger partial charge in [0.25, 0.3) is 0 Å².